The first-order valence-electron chi connectivity index (χ1n) is 14.9. The van der Waals surface area contributed by atoms with Crippen LogP contribution in [0.1, 0.15) is 83.9 Å². The molecule has 0 amide bonds. The Morgan fingerprint density at radius 3 is 2.76 bits per heavy atom. The van der Waals surface area contributed by atoms with E-state index < -0.39 is 10.0 Å². The monoisotopic (exact) mass is 527 g/mol. The van der Waals surface area contributed by atoms with E-state index in [4.69, 9.17) is 4.74 Å². The Bertz CT molecular complexity index is 1250. The summed E-state index contributed by atoms with van der Waals surface area (Å²) in [7, 11) is -3.34. The van der Waals surface area contributed by atoms with E-state index in [1.54, 1.807) is 11.1 Å². The van der Waals surface area contributed by atoms with Crippen LogP contribution in [0.3, 0.4) is 0 Å². The van der Waals surface area contributed by atoms with E-state index in [0.29, 0.717) is 41.7 Å². The lowest BCUT2D eigenvalue weighted by atomic mass is 9.52. The summed E-state index contributed by atoms with van der Waals surface area (Å²) >= 11 is 0. The summed E-state index contributed by atoms with van der Waals surface area (Å²) in [6, 6.07) is 0.512. The number of fused-ring (bicyclic) bond motifs is 7. The van der Waals surface area contributed by atoms with Gasteiger partial charge in [-0.25, -0.2) is 8.42 Å². The summed E-state index contributed by atoms with van der Waals surface area (Å²) in [5, 5.41) is 8.36. The van der Waals surface area contributed by atoms with E-state index >= 15 is 0 Å². The minimum absolute atomic E-state index is 0.00435. The van der Waals surface area contributed by atoms with Gasteiger partial charge in [-0.1, -0.05) is 31.9 Å². The lowest BCUT2D eigenvalue weighted by Crippen LogP contribution is -2.48. The van der Waals surface area contributed by atoms with Gasteiger partial charge in [-0.05, 0) is 112 Å². The van der Waals surface area contributed by atoms with E-state index in [1.165, 1.54) is 54.4 Å². The quantitative estimate of drug-likeness (QED) is 0.535. The molecule has 10 unspecified atom stereocenters. The highest BCUT2D eigenvalue weighted by atomic mass is 32.2. The first-order valence-corrected chi connectivity index (χ1v) is 16.7. The third-order valence-electron chi connectivity index (χ3n) is 12.2. The summed E-state index contributed by atoms with van der Waals surface area (Å²) < 4.78 is 32.6. The van der Waals surface area contributed by atoms with Crippen LogP contribution in [0.5, 0.6) is 0 Å². The second-order valence-corrected chi connectivity index (χ2v) is 16.1. The van der Waals surface area contributed by atoms with Gasteiger partial charge in [0.1, 0.15) is 0 Å². The third-order valence-corrected chi connectivity index (χ3v) is 13.1. The molecule has 7 rings (SSSR count). The maximum absolute atomic E-state index is 12.2. The predicted octanol–water partition coefficient (Wildman–Crippen LogP) is 4.73. The van der Waals surface area contributed by atoms with Crippen LogP contribution in [0.25, 0.3) is 0 Å². The highest BCUT2D eigenvalue weighted by Crippen LogP contribution is 2.64. The zero-order chi connectivity index (χ0) is 25.9. The number of hydrogen-bond donors (Lipinski definition) is 1. The Kier molecular flexibility index (Phi) is 5.48. The molecule has 0 aromatic carbocycles. The second-order valence-electron chi connectivity index (χ2n) is 14.3. The van der Waals surface area contributed by atoms with Crippen molar-refractivity contribution in [2.75, 3.05) is 12.8 Å². The zero-order valence-electron chi connectivity index (χ0n) is 23.3. The first-order chi connectivity index (χ1) is 17.5. The van der Waals surface area contributed by atoms with Crippen LogP contribution in [-0.2, 0) is 27.6 Å². The molecule has 37 heavy (non-hydrogen) atoms. The van der Waals surface area contributed by atoms with E-state index in [-0.39, 0.29) is 11.0 Å². The molecule has 4 fully saturated rings. The molecule has 6 nitrogen and oxygen atoms in total. The molecule has 1 N–H and O–H groups in total. The highest BCUT2D eigenvalue weighted by Gasteiger charge is 2.59. The summed E-state index contributed by atoms with van der Waals surface area (Å²) in [5.74, 6) is 4.01. The average molecular weight is 528 g/mol. The van der Waals surface area contributed by atoms with Gasteiger partial charge in [0, 0.05) is 18.2 Å². The molecule has 10 atom stereocenters. The molecule has 7 heteroatoms. The van der Waals surface area contributed by atoms with Crippen LogP contribution in [0, 0.1) is 40.9 Å². The van der Waals surface area contributed by atoms with Crippen molar-refractivity contribution >= 4 is 10.0 Å². The molecule has 0 radical (unpaired) electrons. The van der Waals surface area contributed by atoms with Crippen LogP contribution >= 0.6 is 0 Å². The van der Waals surface area contributed by atoms with Crippen molar-refractivity contribution in [2.24, 2.45) is 40.9 Å². The SMILES string of the molecule is CC1=C2CC3C(CCC4Cc5nn(S(C)(=O)=O)cc5CC43C)C2CCC2(C1)OC1CC(C)CNC1C2C. The first kappa shape index (κ1) is 24.8. The molecule has 1 spiro atoms. The molecule has 1 aromatic heterocycles. The molecule has 2 saturated heterocycles. The number of aromatic nitrogens is 2. The minimum Gasteiger partial charge on any atom is -0.369 e. The van der Waals surface area contributed by atoms with Gasteiger partial charge < -0.3 is 10.1 Å². The molecular weight excluding hydrogens is 482 g/mol. The minimum atomic E-state index is -3.34. The van der Waals surface area contributed by atoms with Crippen molar-refractivity contribution < 1.29 is 13.2 Å². The molecule has 2 saturated carbocycles. The Morgan fingerprint density at radius 1 is 1.16 bits per heavy atom. The molecule has 0 bridgehead atoms. The molecule has 2 aliphatic heterocycles. The number of nitrogens with one attached hydrogen (secondary N) is 1. The van der Waals surface area contributed by atoms with Gasteiger partial charge in [-0.15, -0.1) is 0 Å². The van der Waals surface area contributed by atoms with Crippen molar-refractivity contribution in [3.8, 4) is 0 Å². The molecular formula is C30H45N3O3S. The van der Waals surface area contributed by atoms with Gasteiger partial charge in [0.25, 0.3) is 10.0 Å². The molecule has 1 aromatic rings. The highest BCUT2D eigenvalue weighted by molar-refractivity contribution is 7.89. The average Bonchev–Trinajstić information content (AvgIpc) is 3.46. The molecule has 3 heterocycles. The van der Waals surface area contributed by atoms with E-state index in [0.717, 1.165) is 37.4 Å². The summed E-state index contributed by atoms with van der Waals surface area (Å²) in [6.45, 7) is 10.9. The summed E-state index contributed by atoms with van der Waals surface area (Å²) in [6.07, 6.45) is 13.9. The van der Waals surface area contributed by atoms with Gasteiger partial charge in [0.15, 0.2) is 0 Å². The maximum Gasteiger partial charge on any atom is 0.250 e. The zero-order valence-corrected chi connectivity index (χ0v) is 24.1. The number of nitrogens with zero attached hydrogens (tertiary/aromatic N) is 2. The smallest absolute Gasteiger partial charge is 0.250 e. The maximum atomic E-state index is 12.2. The Balaban J connectivity index is 1.17. The van der Waals surface area contributed by atoms with Crippen LogP contribution in [0.15, 0.2) is 17.3 Å². The Labute approximate surface area is 223 Å². The molecule has 204 valence electrons. The number of ether oxygens (including phenoxy) is 1. The van der Waals surface area contributed by atoms with E-state index in [1.807, 2.05) is 6.20 Å². The number of hydrogen-bond acceptors (Lipinski definition) is 5. The number of piperidine rings is 1. The topological polar surface area (TPSA) is 73.2 Å². The number of rotatable bonds is 1. The van der Waals surface area contributed by atoms with Gasteiger partial charge in [-0.3, -0.25) is 0 Å². The van der Waals surface area contributed by atoms with Crippen molar-refractivity contribution in [1.29, 1.82) is 0 Å². The normalized spacial score (nSPS) is 47.2. The van der Waals surface area contributed by atoms with Gasteiger partial charge in [-0.2, -0.15) is 9.19 Å². The van der Waals surface area contributed by atoms with Crippen LogP contribution < -0.4 is 5.32 Å². The lowest BCUT2D eigenvalue weighted by molar-refractivity contribution is -0.0733. The van der Waals surface area contributed by atoms with Crippen LogP contribution in [0.2, 0.25) is 0 Å². The van der Waals surface area contributed by atoms with E-state index in [9.17, 15) is 8.42 Å². The summed E-state index contributed by atoms with van der Waals surface area (Å²) in [4.78, 5) is 0. The predicted molar refractivity (Wildman–Crippen MR) is 145 cm³/mol. The lowest BCUT2D eigenvalue weighted by Gasteiger charge is -2.52. The van der Waals surface area contributed by atoms with E-state index in [2.05, 4.69) is 38.1 Å². The van der Waals surface area contributed by atoms with Crippen molar-refractivity contribution in [3.63, 3.8) is 0 Å². The standard InChI is InChI=1S/C30H45N3O3S/c1-17-10-27-28(31-15-17)19(3)30(36-27)9-8-22-23-7-6-21-11-26-20(16-33(32-26)37(5,34)35)14-29(21,4)25(23)12-24(22)18(2)13-30/h16-17,19,21-23,25,27-28,31H,6-15H2,1-5H3. The van der Waals surface area contributed by atoms with Gasteiger partial charge in [0.05, 0.1) is 23.7 Å². The molecule has 4 aliphatic carbocycles. The fraction of sp³-hybridized carbons (Fsp3) is 0.833. The fourth-order valence-electron chi connectivity index (χ4n) is 10.3. The second kappa shape index (κ2) is 8.17. The largest absolute Gasteiger partial charge is 0.369 e. The Hall–Kier alpha value is -1.18. The van der Waals surface area contributed by atoms with Gasteiger partial charge in [0.2, 0.25) is 0 Å². The number of allylic oxidation sites excluding steroid dienone is 1. The van der Waals surface area contributed by atoms with Crippen LogP contribution in [-0.4, -0.2) is 48.2 Å². The van der Waals surface area contributed by atoms with Gasteiger partial charge >= 0.3 is 0 Å². The van der Waals surface area contributed by atoms with Crippen LogP contribution in [0.4, 0.5) is 0 Å². The third kappa shape index (κ3) is 3.62. The Morgan fingerprint density at radius 2 is 1.97 bits per heavy atom. The summed E-state index contributed by atoms with van der Waals surface area (Å²) in [5.41, 5.74) is 5.80. The van der Waals surface area contributed by atoms with Crippen molar-refractivity contribution in [3.05, 3.63) is 28.6 Å². The fourth-order valence-corrected chi connectivity index (χ4v) is 10.8. The van der Waals surface area contributed by atoms with Crippen molar-refractivity contribution in [1.82, 2.24) is 14.5 Å². The molecule has 6 aliphatic rings. The van der Waals surface area contributed by atoms with Crippen molar-refractivity contribution in [2.45, 2.75) is 103 Å².